The number of aliphatic hydroxyl groups is 5. The Balaban J connectivity index is 0.800. The van der Waals surface area contributed by atoms with Crippen LogP contribution in [-0.2, 0) is 9.59 Å². The number of anilines is 4. The van der Waals surface area contributed by atoms with Crippen LogP contribution in [0.5, 0.6) is 0 Å². The molecule has 9 N–H and O–H groups in total. The number of aliphatic imine (C=N–C) groups is 1. The first-order valence-corrected chi connectivity index (χ1v) is 30.5. The van der Waals surface area contributed by atoms with E-state index in [9.17, 15) is 40.4 Å². The number of fused-ring (bicyclic) bond motifs is 2. The lowest BCUT2D eigenvalue weighted by molar-refractivity contribution is -0.123. The van der Waals surface area contributed by atoms with Gasteiger partial charge in [0.2, 0.25) is 17.9 Å². The summed E-state index contributed by atoms with van der Waals surface area (Å²) in [5.74, 6) is 0.615. The van der Waals surface area contributed by atoms with Crippen molar-refractivity contribution < 1.29 is 35.1 Å². The number of nitriles is 1. The van der Waals surface area contributed by atoms with Gasteiger partial charge in [0.25, 0.3) is 0 Å². The average molecular weight is 1190 g/mol. The Morgan fingerprint density at radius 1 is 0.614 bits per heavy atom. The number of nitrogens with zero attached hydrogens (tertiary/aromatic N) is 12. The van der Waals surface area contributed by atoms with Crippen LogP contribution in [-0.4, -0.2) is 164 Å². The van der Waals surface area contributed by atoms with E-state index >= 15 is 0 Å². The molecule has 0 radical (unpaired) electrons. The molecule has 2 aliphatic heterocycles. The van der Waals surface area contributed by atoms with Gasteiger partial charge in [-0.1, -0.05) is 128 Å². The van der Waals surface area contributed by atoms with Crippen LogP contribution in [0.1, 0.15) is 98.0 Å². The highest BCUT2D eigenvalue weighted by Gasteiger charge is 2.45. The van der Waals surface area contributed by atoms with Gasteiger partial charge in [0.1, 0.15) is 24.6 Å². The van der Waals surface area contributed by atoms with Crippen LogP contribution in [0.25, 0.3) is 22.3 Å². The van der Waals surface area contributed by atoms with Crippen molar-refractivity contribution >= 4 is 63.4 Å². The number of Topliss-reactive ketones (excluding diaryl/α,β-unsaturated/α-hetero) is 2. The third kappa shape index (κ3) is 12.6. The molecule has 23 heteroatoms. The first kappa shape index (κ1) is 59.4. The number of nitrogens with one attached hydrogen (secondary N) is 4. The van der Waals surface area contributed by atoms with E-state index in [1.54, 1.807) is 24.1 Å². The fourth-order valence-corrected chi connectivity index (χ4v) is 13.4. The van der Waals surface area contributed by atoms with Crippen molar-refractivity contribution in [1.82, 2.24) is 49.7 Å². The van der Waals surface area contributed by atoms with Crippen LogP contribution in [0.3, 0.4) is 0 Å². The number of hydrogen-bond acceptors (Lipinski definition) is 19. The maximum Gasteiger partial charge on any atom is 0.229 e. The maximum absolute atomic E-state index is 12.6. The van der Waals surface area contributed by atoms with Crippen molar-refractivity contribution in [2.24, 2.45) is 16.8 Å². The second kappa shape index (κ2) is 26.6. The van der Waals surface area contributed by atoms with Gasteiger partial charge in [-0.2, -0.15) is 25.2 Å². The molecule has 23 nitrogen and oxygen atoms in total. The van der Waals surface area contributed by atoms with Crippen molar-refractivity contribution in [1.29, 1.82) is 5.26 Å². The van der Waals surface area contributed by atoms with Gasteiger partial charge in [-0.25, -0.2) is 15.0 Å². The first-order valence-electron chi connectivity index (χ1n) is 30.5. The fraction of sp³-hybridized carbons (Fsp3) is 0.415. The molecule has 4 aliphatic rings. The first-order chi connectivity index (χ1) is 42.9. The lowest BCUT2D eigenvalue weighted by Crippen LogP contribution is -2.44. The van der Waals surface area contributed by atoms with Gasteiger partial charge in [-0.15, -0.1) is 0 Å². The van der Waals surface area contributed by atoms with Gasteiger partial charge in [0.15, 0.2) is 45.9 Å². The second-order valence-electron chi connectivity index (χ2n) is 23.7. The minimum Gasteiger partial charge on any atom is -0.390 e. The van der Waals surface area contributed by atoms with E-state index in [2.05, 4.69) is 85.8 Å². The Labute approximate surface area is 509 Å². The maximum atomic E-state index is 12.6. The molecule has 0 bridgehead atoms. The molecule has 10 atom stereocenters. The Kier molecular flexibility index (Phi) is 18.0. The topological polar surface area (TPSA) is 313 Å². The molecule has 8 aromatic rings. The molecule has 0 amide bonds. The quantitative estimate of drug-likeness (QED) is 0.0182. The number of benzene rings is 4. The van der Waals surface area contributed by atoms with Crippen molar-refractivity contribution in [2.45, 2.75) is 112 Å². The van der Waals surface area contributed by atoms with Gasteiger partial charge in [0.05, 0.1) is 43.0 Å². The zero-order chi connectivity index (χ0) is 60.8. The summed E-state index contributed by atoms with van der Waals surface area (Å²) in [6, 6.07) is 39.2. The predicted molar refractivity (Wildman–Crippen MR) is 333 cm³/mol. The summed E-state index contributed by atoms with van der Waals surface area (Å²) in [5.41, 5.74) is 6.34. The molecule has 2 saturated heterocycles. The number of hydrogen-bond donors (Lipinski definition) is 9. The van der Waals surface area contributed by atoms with Gasteiger partial charge in [-0.05, 0) is 59.8 Å². The van der Waals surface area contributed by atoms with Gasteiger partial charge >= 0.3 is 0 Å². The zero-order valence-electron chi connectivity index (χ0n) is 48.9. The smallest absolute Gasteiger partial charge is 0.229 e. The van der Waals surface area contributed by atoms with Crippen LogP contribution < -0.4 is 31.1 Å². The Hall–Kier alpha value is -8.92. The summed E-state index contributed by atoms with van der Waals surface area (Å²) in [4.78, 5) is 64.3. The summed E-state index contributed by atoms with van der Waals surface area (Å²) < 4.78 is 3.57. The molecule has 4 aromatic carbocycles. The predicted octanol–water partition coefficient (Wildman–Crippen LogP) is 5.21. The van der Waals surface area contributed by atoms with E-state index in [1.807, 2.05) is 77.4 Å². The number of imidazole rings is 2. The van der Waals surface area contributed by atoms with E-state index in [-0.39, 0.29) is 49.0 Å². The largest absolute Gasteiger partial charge is 0.390 e. The molecule has 12 rings (SSSR count). The normalized spacial score (nSPS) is 23.8. The zero-order valence-corrected chi connectivity index (χ0v) is 48.9. The molecular formula is C65H74N16O7. The van der Waals surface area contributed by atoms with Crippen molar-refractivity contribution in [3.63, 3.8) is 0 Å². The molecule has 4 fully saturated rings. The Morgan fingerprint density at radius 2 is 1.06 bits per heavy atom. The summed E-state index contributed by atoms with van der Waals surface area (Å²) in [7, 11) is 0. The summed E-state index contributed by atoms with van der Waals surface area (Å²) in [5, 5.41) is 78.6. The molecule has 2 aliphatic carbocycles. The lowest BCUT2D eigenvalue weighted by Gasteiger charge is -2.22. The van der Waals surface area contributed by atoms with E-state index in [1.165, 1.54) is 0 Å². The van der Waals surface area contributed by atoms with E-state index < -0.39 is 60.7 Å². The highest BCUT2D eigenvalue weighted by molar-refractivity contribution is 5.86. The average Bonchev–Trinajstić information content (AvgIpc) is 2.01. The molecule has 2 saturated carbocycles. The minimum absolute atomic E-state index is 0.0229. The number of carbonyl (C=O) groups is 2. The van der Waals surface area contributed by atoms with Crippen LogP contribution in [0.15, 0.2) is 139 Å². The van der Waals surface area contributed by atoms with Gasteiger partial charge in [-0.3, -0.25) is 14.9 Å². The Morgan fingerprint density at radius 3 is 1.50 bits per heavy atom. The monoisotopic (exact) mass is 1190 g/mol. The third-order valence-corrected chi connectivity index (χ3v) is 18.1. The third-order valence-electron chi connectivity index (χ3n) is 18.1. The number of guanidine groups is 1. The van der Waals surface area contributed by atoms with E-state index in [0.717, 1.165) is 22.3 Å². The molecule has 456 valence electrons. The number of aliphatic hydroxyl groups excluding tert-OH is 5. The Bertz CT molecular complexity index is 3700. The fourth-order valence-electron chi connectivity index (χ4n) is 13.4. The summed E-state index contributed by atoms with van der Waals surface area (Å²) >= 11 is 0. The minimum atomic E-state index is -1.23. The molecule has 6 heterocycles. The van der Waals surface area contributed by atoms with E-state index in [4.69, 9.17) is 34.9 Å². The SMILES string of the molecule is CCC(=O)C[C@H]1C[C@@H](n2cnc3c(NCC(c4ccccc4)c4ccccc4)nc(N4CC[C@@H](N=C(NC#N)N[C@@H]5CCN(c6nc(NCC(c7ccccc7)c7ccccc7)c7ncn([C@@H]8C[C@H](CC(=O)CO)[C@@H](O)[C@H]8O)c7n6)C5)C4)nc32)[C@H](O)[C@@H]1O. The standard InChI is InChI=1S/C65H74N16O7/c1-2-47(83)27-43-29-51(57(87)55(43)85)80-37-70-53-59(67-31-49(39-15-7-3-8-16-39)40-17-9-4-10-18-40)74-64(76-61(53)80)78-25-23-45(33-78)72-63(69-36-66)73-46-24-26-79(34-46)65-75-60(68-32-50(41-19-11-5-12-20-41)42-21-13-6-14-22-42)54-62(77-65)81(38-71-54)52-30-44(28-48(84)35-82)56(86)58(52)88/h3-22,37-38,43-46,49-52,55-58,82,85-88H,2,23-35H2,1H3,(H,67,74,76)(H,68,75,77)(H2,69,72,73)/t43-,44-,45+,46+,51+,52+,55+,56+,57-,58-/m0/s1. The number of rotatable bonds is 22. The second-order valence-corrected chi connectivity index (χ2v) is 23.7. The lowest BCUT2D eigenvalue weighted by atomic mass is 9.91. The van der Waals surface area contributed by atoms with Gasteiger partial charge in [0, 0.05) is 76.4 Å². The molecule has 4 aromatic heterocycles. The highest BCUT2D eigenvalue weighted by atomic mass is 16.3. The van der Waals surface area contributed by atoms with Crippen LogP contribution in [0.4, 0.5) is 23.5 Å². The number of carbonyl (C=O) groups excluding carboxylic acids is 2. The van der Waals surface area contributed by atoms with Crippen molar-refractivity contribution in [3.8, 4) is 6.19 Å². The van der Waals surface area contributed by atoms with E-state index in [0.29, 0.717) is 117 Å². The van der Waals surface area contributed by atoms with Gasteiger partial charge < -0.3 is 60.4 Å². The van der Waals surface area contributed by atoms with Crippen molar-refractivity contribution in [3.05, 3.63) is 156 Å². The highest BCUT2D eigenvalue weighted by Crippen LogP contribution is 2.42. The summed E-state index contributed by atoms with van der Waals surface area (Å²) in [6.07, 6.45) is 2.92. The molecule has 88 heavy (non-hydrogen) atoms. The van der Waals surface area contributed by atoms with Crippen molar-refractivity contribution in [2.75, 3.05) is 66.3 Å². The van der Waals surface area contributed by atoms with Crippen LogP contribution >= 0.6 is 0 Å². The number of aromatic nitrogens is 8. The van der Waals surface area contributed by atoms with Crippen LogP contribution in [0.2, 0.25) is 0 Å². The molecule has 0 spiro atoms. The number of ketones is 2. The summed E-state index contributed by atoms with van der Waals surface area (Å²) in [6.45, 7) is 4.00. The molecule has 0 unspecified atom stereocenters. The molecular weight excluding hydrogens is 1120 g/mol. The van der Waals surface area contributed by atoms with Crippen LogP contribution in [0, 0.1) is 23.3 Å².